The summed E-state index contributed by atoms with van der Waals surface area (Å²) in [5.41, 5.74) is 2.88. The van der Waals surface area contributed by atoms with Crippen LogP contribution in [0.1, 0.15) is 0 Å². The Balaban J connectivity index is 2.44. The maximum Gasteiger partial charge on any atom is 0.354 e. The molecular weight excluding hydrogens is 298 g/mol. The largest absolute Gasteiger partial charge is 0.354 e. The highest BCUT2D eigenvalue weighted by molar-refractivity contribution is 6.32. The minimum absolute atomic E-state index is 0.0225. The lowest BCUT2D eigenvalue weighted by atomic mass is 10.4. The van der Waals surface area contributed by atoms with Gasteiger partial charge in [-0.05, 0) is 12.1 Å². The summed E-state index contributed by atoms with van der Waals surface area (Å²) >= 11 is 5.92. The van der Waals surface area contributed by atoms with E-state index in [9.17, 15) is 10.1 Å². The maximum atomic E-state index is 11.3. The molecule has 0 saturated carbocycles. The van der Waals surface area contributed by atoms with Gasteiger partial charge in [-0.25, -0.2) is 20.0 Å². The molecule has 0 aromatic carbocycles. The normalized spacial score (nSPS) is 10.5. The second-order valence-electron chi connectivity index (χ2n) is 4.15. The summed E-state index contributed by atoms with van der Waals surface area (Å²) in [6.07, 6.45) is 2.73. The zero-order valence-corrected chi connectivity index (χ0v) is 12.0. The fourth-order valence-corrected chi connectivity index (χ4v) is 1.71. The van der Waals surface area contributed by atoms with E-state index in [0.717, 1.165) is 0 Å². The van der Waals surface area contributed by atoms with Crippen LogP contribution in [0.4, 0.5) is 23.0 Å². The molecule has 0 bridgehead atoms. The molecule has 21 heavy (non-hydrogen) atoms. The van der Waals surface area contributed by atoms with Crippen LogP contribution in [-0.4, -0.2) is 39.0 Å². The number of nitro groups is 1. The molecule has 2 aromatic rings. The molecule has 2 N–H and O–H groups in total. The number of halogens is 1. The first kappa shape index (κ1) is 14.9. The number of pyridine rings is 1. The fraction of sp³-hybridized carbons (Fsp3) is 0.182. The van der Waals surface area contributed by atoms with Crippen LogP contribution in [-0.2, 0) is 0 Å². The van der Waals surface area contributed by atoms with Crippen molar-refractivity contribution >= 4 is 34.6 Å². The van der Waals surface area contributed by atoms with Crippen molar-refractivity contribution in [3.05, 3.63) is 39.9 Å². The molecule has 0 aliphatic rings. The first-order chi connectivity index (χ1) is 9.99. The smallest absolute Gasteiger partial charge is 0.332 e. The van der Waals surface area contributed by atoms with Crippen LogP contribution >= 0.6 is 11.6 Å². The van der Waals surface area contributed by atoms with E-state index in [1.165, 1.54) is 17.5 Å². The zero-order chi connectivity index (χ0) is 15.4. The van der Waals surface area contributed by atoms with Crippen molar-refractivity contribution in [1.82, 2.24) is 20.0 Å². The summed E-state index contributed by atoms with van der Waals surface area (Å²) < 4.78 is 0. The average Bonchev–Trinajstić information content (AvgIpc) is 2.40. The summed E-state index contributed by atoms with van der Waals surface area (Å²) in [4.78, 5) is 22.4. The molecule has 0 saturated heterocycles. The van der Waals surface area contributed by atoms with Crippen molar-refractivity contribution in [1.29, 1.82) is 0 Å². The topological polar surface area (TPSA) is 109 Å². The van der Waals surface area contributed by atoms with Crippen molar-refractivity contribution < 1.29 is 4.92 Å². The third-order valence-electron chi connectivity index (χ3n) is 2.35. The van der Waals surface area contributed by atoms with Gasteiger partial charge >= 0.3 is 5.69 Å². The van der Waals surface area contributed by atoms with Crippen molar-refractivity contribution in [3.63, 3.8) is 0 Å². The van der Waals surface area contributed by atoms with Gasteiger partial charge in [0, 0.05) is 20.3 Å². The van der Waals surface area contributed by atoms with Crippen molar-refractivity contribution in [2.24, 2.45) is 0 Å². The molecule has 2 rings (SSSR count). The van der Waals surface area contributed by atoms with E-state index in [0.29, 0.717) is 5.69 Å². The lowest BCUT2D eigenvalue weighted by Gasteiger charge is -2.14. The Labute approximate surface area is 125 Å². The molecule has 0 aliphatic heterocycles. The predicted molar refractivity (Wildman–Crippen MR) is 78.5 cm³/mol. The minimum Gasteiger partial charge on any atom is -0.332 e. The van der Waals surface area contributed by atoms with Crippen LogP contribution in [0.2, 0.25) is 5.15 Å². The van der Waals surface area contributed by atoms with E-state index in [1.807, 2.05) is 0 Å². The molecule has 0 amide bonds. The number of anilines is 3. The van der Waals surface area contributed by atoms with Crippen molar-refractivity contribution in [2.75, 3.05) is 24.8 Å². The Kier molecular flexibility index (Phi) is 4.45. The van der Waals surface area contributed by atoms with Gasteiger partial charge in [-0.1, -0.05) is 11.6 Å². The van der Waals surface area contributed by atoms with E-state index in [2.05, 4.69) is 25.7 Å². The van der Waals surface area contributed by atoms with E-state index in [1.54, 1.807) is 26.2 Å². The summed E-state index contributed by atoms with van der Waals surface area (Å²) in [5, 5.41) is 15.8. The number of nitrogens with one attached hydrogen (secondary N) is 2. The van der Waals surface area contributed by atoms with Gasteiger partial charge in [0.15, 0.2) is 5.15 Å². The molecule has 0 spiro atoms. The van der Waals surface area contributed by atoms with Gasteiger partial charge in [0.1, 0.15) is 6.33 Å². The average molecular weight is 310 g/mol. The molecular formula is C11H12ClN7O2. The lowest BCUT2D eigenvalue weighted by molar-refractivity contribution is -0.383. The molecule has 110 valence electrons. The zero-order valence-electron chi connectivity index (χ0n) is 11.2. The molecule has 0 radical (unpaired) electrons. The molecule has 9 nitrogen and oxygen atoms in total. The highest BCUT2D eigenvalue weighted by Crippen LogP contribution is 2.32. The van der Waals surface area contributed by atoms with Crippen LogP contribution in [0.3, 0.4) is 0 Å². The highest BCUT2D eigenvalue weighted by atomic mass is 35.5. The lowest BCUT2D eigenvalue weighted by Crippen LogP contribution is -2.21. The summed E-state index contributed by atoms with van der Waals surface area (Å²) in [6, 6.07) is 3.29. The SMILES string of the molecule is CN(C)Nc1ncnc(Nc2cccnc2Cl)c1[N+](=O)[O-]. The van der Waals surface area contributed by atoms with Crippen molar-refractivity contribution in [2.45, 2.75) is 0 Å². The maximum absolute atomic E-state index is 11.3. The van der Waals surface area contributed by atoms with E-state index >= 15 is 0 Å². The Morgan fingerprint density at radius 1 is 1.29 bits per heavy atom. The summed E-state index contributed by atoms with van der Waals surface area (Å²) in [7, 11) is 3.38. The van der Waals surface area contributed by atoms with Gasteiger partial charge in [0.2, 0.25) is 11.6 Å². The predicted octanol–water partition coefficient (Wildman–Crippen LogP) is 2.07. The second-order valence-corrected chi connectivity index (χ2v) is 4.51. The van der Waals surface area contributed by atoms with Gasteiger partial charge in [-0.15, -0.1) is 0 Å². The number of hydrazine groups is 1. The van der Waals surface area contributed by atoms with E-state index in [-0.39, 0.29) is 22.5 Å². The summed E-state index contributed by atoms with van der Waals surface area (Å²) in [5.74, 6) is 0.0942. The molecule has 0 atom stereocenters. The molecule has 0 unspecified atom stereocenters. The third-order valence-corrected chi connectivity index (χ3v) is 2.65. The van der Waals surface area contributed by atoms with E-state index < -0.39 is 4.92 Å². The molecule has 2 aromatic heterocycles. The monoisotopic (exact) mass is 309 g/mol. The van der Waals surface area contributed by atoms with Gasteiger partial charge in [0.05, 0.1) is 10.6 Å². The quantitative estimate of drug-likeness (QED) is 0.491. The van der Waals surface area contributed by atoms with Crippen LogP contribution in [0.5, 0.6) is 0 Å². The van der Waals surface area contributed by atoms with Crippen LogP contribution in [0.25, 0.3) is 0 Å². The molecule has 2 heterocycles. The van der Waals surface area contributed by atoms with Crippen molar-refractivity contribution in [3.8, 4) is 0 Å². The van der Waals surface area contributed by atoms with Crippen LogP contribution in [0, 0.1) is 10.1 Å². The Morgan fingerprint density at radius 3 is 2.62 bits per heavy atom. The molecule has 0 aliphatic carbocycles. The van der Waals surface area contributed by atoms with Gasteiger partial charge in [-0.2, -0.15) is 0 Å². The highest BCUT2D eigenvalue weighted by Gasteiger charge is 2.24. The number of nitrogens with zero attached hydrogens (tertiary/aromatic N) is 5. The first-order valence-electron chi connectivity index (χ1n) is 5.80. The number of hydrogen-bond acceptors (Lipinski definition) is 8. The Hall–Kier alpha value is -2.52. The third kappa shape index (κ3) is 3.52. The Morgan fingerprint density at radius 2 is 2.00 bits per heavy atom. The summed E-state index contributed by atoms with van der Waals surface area (Å²) in [6.45, 7) is 0. The fourth-order valence-electron chi connectivity index (χ4n) is 1.54. The minimum atomic E-state index is -0.571. The molecule has 10 heteroatoms. The number of aromatic nitrogens is 3. The van der Waals surface area contributed by atoms with E-state index in [4.69, 9.17) is 11.6 Å². The second kappa shape index (κ2) is 6.29. The van der Waals surface area contributed by atoms with Gasteiger partial charge in [-0.3, -0.25) is 15.5 Å². The van der Waals surface area contributed by atoms with Gasteiger partial charge < -0.3 is 5.32 Å². The Bertz CT molecular complexity index is 665. The van der Waals surface area contributed by atoms with Gasteiger partial charge in [0.25, 0.3) is 0 Å². The standard InChI is InChI=1S/C11H12ClN7O2/c1-18(2)17-11-8(19(20)21)10(14-6-15-11)16-7-4-3-5-13-9(7)12/h3-6H,1-2H3,(H2,14,15,16,17). The number of rotatable bonds is 5. The van der Waals surface area contributed by atoms with Crippen LogP contribution < -0.4 is 10.7 Å². The van der Waals surface area contributed by atoms with Crippen LogP contribution in [0.15, 0.2) is 24.7 Å². The number of hydrogen-bond donors (Lipinski definition) is 2. The first-order valence-corrected chi connectivity index (χ1v) is 6.17. The molecule has 0 fully saturated rings.